The van der Waals surface area contributed by atoms with Gasteiger partial charge < -0.3 is 10.1 Å². The smallest absolute Gasteiger partial charge is 0.238 e. The van der Waals surface area contributed by atoms with E-state index >= 15 is 0 Å². The van der Waals surface area contributed by atoms with Gasteiger partial charge in [-0.05, 0) is 35.8 Å². The quantitative estimate of drug-likeness (QED) is 0.570. The number of hydrogen-bond acceptors (Lipinski definition) is 3. The molecule has 0 bridgehead atoms. The van der Waals surface area contributed by atoms with Crippen LogP contribution in [0.3, 0.4) is 0 Å². The summed E-state index contributed by atoms with van der Waals surface area (Å²) in [5.41, 5.74) is 6.30. The molecule has 0 aliphatic rings. The molecule has 0 radical (unpaired) electrons. The van der Waals surface area contributed by atoms with Crippen LogP contribution in [0.5, 0.6) is 5.75 Å². The predicted molar refractivity (Wildman–Crippen MR) is 83.2 cm³/mol. The summed E-state index contributed by atoms with van der Waals surface area (Å²) in [5.74, 6) is 1.06. The van der Waals surface area contributed by atoms with Crippen molar-refractivity contribution in [2.75, 3.05) is 7.11 Å². The third-order valence-electron chi connectivity index (χ3n) is 2.52. The number of ether oxygens (including phenoxy) is 1. The fraction of sp³-hybridized carbons (Fsp3) is 0.429. The van der Waals surface area contributed by atoms with E-state index in [2.05, 4.69) is 16.2 Å². The highest BCUT2D eigenvalue weighted by atomic mass is 32.1. The molecule has 3 N–H and O–H groups in total. The third-order valence-corrected chi connectivity index (χ3v) is 2.77. The summed E-state index contributed by atoms with van der Waals surface area (Å²) in [6.07, 6.45) is 0.466. The zero-order valence-electron chi connectivity index (χ0n) is 12.0. The zero-order chi connectivity index (χ0) is 15.0. The Morgan fingerprint density at radius 1 is 1.25 bits per heavy atom. The summed E-state index contributed by atoms with van der Waals surface area (Å²) in [7, 11) is 1.63. The Bertz CT molecular complexity index is 446. The lowest BCUT2D eigenvalue weighted by Crippen LogP contribution is -2.46. The van der Waals surface area contributed by atoms with Crippen molar-refractivity contribution in [3.05, 3.63) is 29.8 Å². The number of carbonyl (C=O) groups is 1. The van der Waals surface area contributed by atoms with Crippen LogP contribution in [0.25, 0.3) is 0 Å². The summed E-state index contributed by atoms with van der Waals surface area (Å²) in [5, 5.41) is 3.40. The first-order valence-electron chi connectivity index (χ1n) is 6.47. The van der Waals surface area contributed by atoms with Crippen molar-refractivity contribution >= 4 is 23.2 Å². The number of carbonyl (C=O) groups excluding carboxylic acids is 1. The van der Waals surface area contributed by atoms with Gasteiger partial charge in [0.05, 0.1) is 7.11 Å². The highest BCUT2D eigenvalue weighted by Crippen LogP contribution is 2.10. The van der Waals surface area contributed by atoms with Gasteiger partial charge in [0.2, 0.25) is 5.91 Å². The van der Waals surface area contributed by atoms with Gasteiger partial charge in [0.1, 0.15) is 5.75 Å². The summed E-state index contributed by atoms with van der Waals surface area (Å²) >= 11 is 5.07. The van der Waals surface area contributed by atoms with E-state index in [0.29, 0.717) is 24.0 Å². The highest BCUT2D eigenvalue weighted by Gasteiger charge is 2.04. The summed E-state index contributed by atoms with van der Waals surface area (Å²) in [4.78, 5) is 11.4. The lowest BCUT2D eigenvalue weighted by Gasteiger charge is -2.12. The number of hydrogen-bond donors (Lipinski definition) is 3. The fourth-order valence-electron chi connectivity index (χ4n) is 1.52. The van der Waals surface area contributed by atoms with Crippen LogP contribution in [0.1, 0.15) is 25.8 Å². The molecule has 0 aliphatic heterocycles. The van der Waals surface area contributed by atoms with Crippen molar-refractivity contribution in [1.29, 1.82) is 0 Å². The van der Waals surface area contributed by atoms with Gasteiger partial charge in [-0.2, -0.15) is 0 Å². The first kappa shape index (κ1) is 16.2. The number of rotatable bonds is 5. The third kappa shape index (κ3) is 6.38. The first-order valence-corrected chi connectivity index (χ1v) is 6.87. The van der Waals surface area contributed by atoms with E-state index in [0.717, 1.165) is 11.3 Å². The normalized spacial score (nSPS) is 10.0. The van der Waals surface area contributed by atoms with E-state index in [1.807, 2.05) is 38.1 Å². The molecule has 0 spiro atoms. The van der Waals surface area contributed by atoms with Crippen molar-refractivity contribution < 1.29 is 9.53 Å². The van der Waals surface area contributed by atoms with Crippen molar-refractivity contribution in [3.63, 3.8) is 0 Å². The Morgan fingerprint density at radius 3 is 2.45 bits per heavy atom. The van der Waals surface area contributed by atoms with E-state index < -0.39 is 0 Å². The summed E-state index contributed by atoms with van der Waals surface area (Å²) in [6.45, 7) is 4.55. The largest absolute Gasteiger partial charge is 0.497 e. The van der Waals surface area contributed by atoms with Crippen LogP contribution in [0.4, 0.5) is 0 Å². The molecule has 20 heavy (non-hydrogen) atoms. The second kappa shape index (κ2) is 8.37. The lowest BCUT2D eigenvalue weighted by molar-refractivity contribution is -0.122. The molecule has 1 rings (SSSR count). The van der Waals surface area contributed by atoms with E-state index in [1.165, 1.54) is 0 Å². The topological polar surface area (TPSA) is 62.4 Å². The van der Waals surface area contributed by atoms with Crippen LogP contribution in [0.2, 0.25) is 0 Å². The molecule has 0 unspecified atom stereocenters. The maximum Gasteiger partial charge on any atom is 0.238 e. The van der Waals surface area contributed by atoms with Crippen LogP contribution in [0.15, 0.2) is 24.3 Å². The van der Waals surface area contributed by atoms with E-state index in [4.69, 9.17) is 17.0 Å². The first-order chi connectivity index (χ1) is 9.51. The molecule has 5 nitrogen and oxygen atoms in total. The number of nitrogens with one attached hydrogen (secondary N) is 3. The van der Waals surface area contributed by atoms with Crippen molar-refractivity contribution in [2.24, 2.45) is 5.92 Å². The van der Waals surface area contributed by atoms with E-state index in [1.54, 1.807) is 7.11 Å². The number of benzene rings is 1. The summed E-state index contributed by atoms with van der Waals surface area (Å²) in [6, 6.07) is 7.67. The minimum Gasteiger partial charge on any atom is -0.497 e. The van der Waals surface area contributed by atoms with Crippen LogP contribution in [-0.4, -0.2) is 18.1 Å². The molecule has 0 atom stereocenters. The summed E-state index contributed by atoms with van der Waals surface area (Å²) < 4.78 is 5.09. The standard InChI is InChI=1S/C14H21N3O2S/c1-10(2)8-13(18)16-17-14(20)15-9-11-4-6-12(19-3)7-5-11/h4-7,10H,8-9H2,1-3H3,(H,16,18)(H2,15,17,20). The molecule has 1 aromatic rings. The van der Waals surface area contributed by atoms with Crippen molar-refractivity contribution in [1.82, 2.24) is 16.2 Å². The average Bonchev–Trinajstić information content (AvgIpc) is 2.42. The number of methoxy groups -OCH3 is 1. The Morgan fingerprint density at radius 2 is 1.90 bits per heavy atom. The van der Waals surface area contributed by atoms with Gasteiger partial charge in [-0.1, -0.05) is 26.0 Å². The van der Waals surface area contributed by atoms with Crippen LogP contribution in [0, 0.1) is 5.92 Å². The molecule has 1 aromatic carbocycles. The molecule has 0 saturated carbocycles. The van der Waals surface area contributed by atoms with Gasteiger partial charge in [-0.25, -0.2) is 0 Å². The number of amides is 1. The van der Waals surface area contributed by atoms with Gasteiger partial charge >= 0.3 is 0 Å². The van der Waals surface area contributed by atoms with E-state index in [-0.39, 0.29) is 5.91 Å². The zero-order valence-corrected chi connectivity index (χ0v) is 12.8. The van der Waals surface area contributed by atoms with Gasteiger partial charge in [0, 0.05) is 13.0 Å². The Kier molecular flexibility index (Phi) is 6.79. The molecule has 0 aliphatic carbocycles. The molecular weight excluding hydrogens is 274 g/mol. The second-order valence-electron chi connectivity index (χ2n) is 4.80. The highest BCUT2D eigenvalue weighted by molar-refractivity contribution is 7.80. The Hall–Kier alpha value is -1.82. The molecular formula is C14H21N3O2S. The Balaban J connectivity index is 2.27. The molecule has 110 valence electrons. The van der Waals surface area contributed by atoms with E-state index in [9.17, 15) is 4.79 Å². The molecule has 0 saturated heterocycles. The van der Waals surface area contributed by atoms with Gasteiger partial charge in [-0.15, -0.1) is 0 Å². The van der Waals surface area contributed by atoms with Gasteiger partial charge in [-0.3, -0.25) is 15.6 Å². The second-order valence-corrected chi connectivity index (χ2v) is 5.21. The SMILES string of the molecule is COc1ccc(CNC(=S)NNC(=O)CC(C)C)cc1. The van der Waals surface area contributed by atoms with Gasteiger partial charge in [0.25, 0.3) is 0 Å². The molecule has 0 aromatic heterocycles. The van der Waals surface area contributed by atoms with Crippen LogP contribution in [-0.2, 0) is 11.3 Å². The molecule has 1 amide bonds. The van der Waals surface area contributed by atoms with Crippen molar-refractivity contribution in [2.45, 2.75) is 26.8 Å². The molecule has 0 fully saturated rings. The maximum atomic E-state index is 11.4. The number of hydrazine groups is 1. The Labute approximate surface area is 125 Å². The van der Waals surface area contributed by atoms with Crippen LogP contribution >= 0.6 is 12.2 Å². The minimum atomic E-state index is -0.0754. The maximum absolute atomic E-state index is 11.4. The average molecular weight is 295 g/mol. The van der Waals surface area contributed by atoms with Crippen molar-refractivity contribution in [3.8, 4) is 5.75 Å². The van der Waals surface area contributed by atoms with Gasteiger partial charge in [0.15, 0.2) is 5.11 Å². The van der Waals surface area contributed by atoms with Crippen LogP contribution < -0.4 is 20.9 Å². The molecule has 0 heterocycles. The molecule has 6 heteroatoms. The number of thiocarbonyl (C=S) groups is 1. The lowest BCUT2D eigenvalue weighted by atomic mass is 10.1. The predicted octanol–water partition coefficient (Wildman–Crippen LogP) is 1.74. The fourth-order valence-corrected chi connectivity index (χ4v) is 1.64. The monoisotopic (exact) mass is 295 g/mol. The minimum absolute atomic E-state index is 0.0754.